The number of carbonyl (C=O) groups is 1. The third kappa shape index (κ3) is 4.23. The van der Waals surface area contributed by atoms with Crippen molar-refractivity contribution in [1.29, 1.82) is 0 Å². The van der Waals surface area contributed by atoms with Gasteiger partial charge in [0.15, 0.2) is 5.11 Å². The number of thiocarbonyl (C=S) groups is 1. The monoisotopic (exact) mass is 434 g/mol. The molecule has 1 heterocycles. The van der Waals surface area contributed by atoms with Crippen molar-refractivity contribution in [3.63, 3.8) is 0 Å². The lowest BCUT2D eigenvalue weighted by atomic mass is 9.88. The third-order valence-corrected chi connectivity index (χ3v) is 6.35. The SMILES string of the molecule is C=CCOC(=O)N1C[C@H](S(=O)(=O)NC)[C@@](NC(N)=S)(c2ccc(F)cc2F)C1. The highest BCUT2D eigenvalue weighted by molar-refractivity contribution is 7.90. The molecule has 1 aromatic rings. The zero-order valence-corrected chi connectivity index (χ0v) is 16.6. The fourth-order valence-electron chi connectivity index (χ4n) is 3.21. The van der Waals surface area contributed by atoms with E-state index in [9.17, 15) is 22.0 Å². The van der Waals surface area contributed by atoms with Crippen molar-refractivity contribution >= 4 is 33.4 Å². The minimum absolute atomic E-state index is 0.0978. The molecule has 4 N–H and O–H groups in total. The minimum Gasteiger partial charge on any atom is -0.445 e. The van der Waals surface area contributed by atoms with Gasteiger partial charge in [-0.2, -0.15) is 0 Å². The van der Waals surface area contributed by atoms with Gasteiger partial charge in [-0.1, -0.05) is 18.7 Å². The number of nitrogens with one attached hydrogen (secondary N) is 2. The van der Waals surface area contributed by atoms with Gasteiger partial charge in [0.25, 0.3) is 0 Å². The molecule has 0 spiro atoms. The van der Waals surface area contributed by atoms with Crippen molar-refractivity contribution < 1.29 is 26.7 Å². The van der Waals surface area contributed by atoms with Crippen LogP contribution >= 0.6 is 12.2 Å². The summed E-state index contributed by atoms with van der Waals surface area (Å²) in [6.45, 7) is 2.65. The number of hydrogen-bond acceptors (Lipinski definition) is 5. The Morgan fingerprint density at radius 2 is 2.21 bits per heavy atom. The number of benzene rings is 1. The number of nitrogens with zero attached hydrogens (tertiary/aromatic N) is 1. The highest BCUT2D eigenvalue weighted by Crippen LogP contribution is 2.38. The Balaban J connectivity index is 2.64. The zero-order valence-electron chi connectivity index (χ0n) is 14.9. The first kappa shape index (κ1) is 22.0. The molecule has 0 saturated carbocycles. The number of rotatable bonds is 6. The van der Waals surface area contributed by atoms with E-state index >= 15 is 0 Å². The molecule has 0 radical (unpaired) electrons. The van der Waals surface area contributed by atoms with Crippen molar-refractivity contribution in [1.82, 2.24) is 14.9 Å². The van der Waals surface area contributed by atoms with Crippen LogP contribution in [-0.4, -0.2) is 56.5 Å². The van der Waals surface area contributed by atoms with E-state index in [1.165, 1.54) is 13.1 Å². The number of sulfonamides is 1. The Labute approximate surface area is 166 Å². The maximum Gasteiger partial charge on any atom is 0.410 e. The summed E-state index contributed by atoms with van der Waals surface area (Å²) < 4.78 is 60.6. The van der Waals surface area contributed by atoms with Crippen molar-refractivity contribution in [2.24, 2.45) is 5.73 Å². The number of halogens is 2. The second kappa shape index (κ2) is 8.37. The predicted octanol–water partition coefficient (Wildman–Crippen LogP) is 0.549. The lowest BCUT2D eigenvalue weighted by Gasteiger charge is -2.35. The van der Waals surface area contributed by atoms with Crippen LogP contribution in [-0.2, 0) is 20.3 Å². The minimum atomic E-state index is -4.07. The summed E-state index contributed by atoms with van der Waals surface area (Å²) in [5, 5.41) is 0.903. The summed E-state index contributed by atoms with van der Waals surface area (Å²) in [6.07, 6.45) is 0.515. The van der Waals surface area contributed by atoms with E-state index in [1.807, 2.05) is 0 Å². The Kier molecular flexibility index (Phi) is 6.57. The number of carbonyl (C=O) groups excluding carboxylic acids is 1. The van der Waals surface area contributed by atoms with Gasteiger partial charge in [0.05, 0.1) is 6.54 Å². The van der Waals surface area contributed by atoms with Gasteiger partial charge in [-0.3, -0.25) is 0 Å². The summed E-state index contributed by atoms with van der Waals surface area (Å²) in [7, 11) is -2.89. The van der Waals surface area contributed by atoms with Gasteiger partial charge < -0.3 is 20.7 Å². The van der Waals surface area contributed by atoms with Gasteiger partial charge in [-0.05, 0) is 25.3 Å². The number of nitrogens with two attached hydrogens (primary N) is 1. The molecule has 0 unspecified atom stereocenters. The van der Waals surface area contributed by atoms with Crippen molar-refractivity contribution in [3.8, 4) is 0 Å². The van der Waals surface area contributed by atoms with E-state index in [4.69, 9.17) is 22.7 Å². The maximum absolute atomic E-state index is 14.7. The lowest BCUT2D eigenvalue weighted by Crippen LogP contribution is -2.59. The largest absolute Gasteiger partial charge is 0.445 e. The fourth-order valence-corrected chi connectivity index (χ4v) is 4.84. The van der Waals surface area contributed by atoms with Gasteiger partial charge in [-0.25, -0.2) is 26.7 Å². The zero-order chi connectivity index (χ0) is 21.1. The Morgan fingerprint density at radius 1 is 1.54 bits per heavy atom. The van der Waals surface area contributed by atoms with E-state index in [1.54, 1.807) is 0 Å². The van der Waals surface area contributed by atoms with E-state index in [0.717, 1.165) is 17.0 Å². The second-order valence-electron chi connectivity index (χ2n) is 6.07. The van der Waals surface area contributed by atoms with Crippen LogP contribution in [0, 0.1) is 11.6 Å². The van der Waals surface area contributed by atoms with Crippen LogP contribution in [0.2, 0.25) is 0 Å². The normalized spacial score (nSPS) is 22.0. The Hall–Kier alpha value is -2.31. The second-order valence-corrected chi connectivity index (χ2v) is 8.58. The quantitative estimate of drug-likeness (QED) is 0.443. The third-order valence-electron chi connectivity index (χ3n) is 4.38. The highest BCUT2D eigenvalue weighted by Gasteiger charge is 2.56. The molecule has 2 rings (SSSR count). The fraction of sp³-hybridized carbons (Fsp3) is 0.375. The lowest BCUT2D eigenvalue weighted by molar-refractivity contribution is 0.118. The van der Waals surface area contributed by atoms with Crippen LogP contribution in [0.15, 0.2) is 30.9 Å². The molecule has 28 heavy (non-hydrogen) atoms. The highest BCUT2D eigenvalue weighted by atomic mass is 32.2. The molecule has 0 bridgehead atoms. The summed E-state index contributed by atoms with van der Waals surface area (Å²) >= 11 is 4.87. The van der Waals surface area contributed by atoms with Crippen molar-refractivity contribution in [3.05, 3.63) is 48.1 Å². The molecule has 1 amide bonds. The van der Waals surface area contributed by atoms with E-state index in [2.05, 4.69) is 16.6 Å². The predicted molar refractivity (Wildman–Crippen MR) is 103 cm³/mol. The molecule has 0 aliphatic carbocycles. The molecule has 12 heteroatoms. The molecule has 1 aliphatic heterocycles. The summed E-state index contributed by atoms with van der Waals surface area (Å²) in [5.41, 5.74) is 3.61. The molecule has 2 atom stereocenters. The van der Waals surface area contributed by atoms with Crippen LogP contribution in [0.4, 0.5) is 13.6 Å². The first-order valence-electron chi connectivity index (χ1n) is 8.05. The van der Waals surface area contributed by atoms with Gasteiger partial charge >= 0.3 is 6.09 Å². The molecule has 1 saturated heterocycles. The van der Waals surface area contributed by atoms with Crippen LogP contribution in [0.25, 0.3) is 0 Å². The molecule has 154 valence electrons. The van der Waals surface area contributed by atoms with E-state index < -0.39 is 38.5 Å². The Bertz CT molecular complexity index is 897. The standard InChI is InChI=1S/C16H20F2N4O4S2/c1-3-6-26-15(23)22-8-13(28(24,25)20-2)16(9-22,21-14(19)27)11-5-4-10(17)7-12(11)18/h3-5,7,13,20H,1,6,8-9H2,2H3,(H3,19,21,27)/t13-,16-/m0/s1. The molecular weight excluding hydrogens is 414 g/mol. The van der Waals surface area contributed by atoms with E-state index in [0.29, 0.717) is 6.07 Å². The number of ether oxygens (including phenoxy) is 1. The molecule has 1 aromatic carbocycles. The average molecular weight is 434 g/mol. The van der Waals surface area contributed by atoms with Crippen LogP contribution in [0.3, 0.4) is 0 Å². The van der Waals surface area contributed by atoms with Gasteiger partial charge in [-0.15, -0.1) is 0 Å². The van der Waals surface area contributed by atoms with Crippen LogP contribution < -0.4 is 15.8 Å². The van der Waals surface area contributed by atoms with Crippen molar-refractivity contribution in [2.45, 2.75) is 10.8 Å². The van der Waals surface area contributed by atoms with Crippen LogP contribution in [0.5, 0.6) is 0 Å². The number of likely N-dealkylation sites (tertiary alicyclic amines) is 1. The summed E-state index contributed by atoms with van der Waals surface area (Å²) in [4.78, 5) is 13.4. The summed E-state index contributed by atoms with van der Waals surface area (Å²) in [6, 6.07) is 2.68. The molecule has 1 aliphatic rings. The topological polar surface area (TPSA) is 114 Å². The van der Waals surface area contributed by atoms with Gasteiger partial charge in [0.2, 0.25) is 10.0 Å². The molecule has 8 nitrogen and oxygen atoms in total. The summed E-state index contributed by atoms with van der Waals surface area (Å²) in [5.74, 6) is -1.86. The number of hydrogen-bond donors (Lipinski definition) is 3. The Morgan fingerprint density at radius 3 is 2.75 bits per heavy atom. The first-order valence-corrected chi connectivity index (χ1v) is 10.0. The van der Waals surface area contributed by atoms with Crippen LogP contribution in [0.1, 0.15) is 5.56 Å². The smallest absolute Gasteiger partial charge is 0.410 e. The first-order chi connectivity index (χ1) is 13.1. The number of amides is 1. The van der Waals surface area contributed by atoms with Crippen molar-refractivity contribution in [2.75, 3.05) is 26.7 Å². The molecule has 1 fully saturated rings. The molecular formula is C16H20F2N4O4S2. The van der Waals surface area contributed by atoms with Gasteiger partial charge in [0.1, 0.15) is 29.0 Å². The molecule has 0 aromatic heterocycles. The van der Waals surface area contributed by atoms with Gasteiger partial charge in [0, 0.05) is 18.2 Å². The maximum atomic E-state index is 14.7. The average Bonchev–Trinajstić information content (AvgIpc) is 2.99. The van der Waals surface area contributed by atoms with E-state index in [-0.39, 0.29) is 30.4 Å².